The van der Waals surface area contributed by atoms with Crippen LogP contribution in [0.1, 0.15) is 55.4 Å². The molecule has 0 aliphatic heterocycles. The van der Waals surface area contributed by atoms with Crippen molar-refractivity contribution in [3.8, 4) is 0 Å². The zero-order chi connectivity index (χ0) is 12.1. The second kappa shape index (κ2) is 6.01. The Morgan fingerprint density at radius 2 is 2.00 bits per heavy atom. The molecule has 2 N–H and O–H groups in total. The van der Waals surface area contributed by atoms with Crippen LogP contribution in [0.25, 0.3) is 0 Å². The summed E-state index contributed by atoms with van der Waals surface area (Å²) in [4.78, 5) is 1.59. The van der Waals surface area contributed by atoms with Gasteiger partial charge in [-0.2, -0.15) is 0 Å². The van der Waals surface area contributed by atoms with Gasteiger partial charge in [-0.05, 0) is 68.0 Å². The highest BCUT2D eigenvalue weighted by Crippen LogP contribution is 2.43. The lowest BCUT2D eigenvalue weighted by atomic mass is 9.69. The molecule has 1 aromatic rings. The Hall–Kier alpha value is -0.340. The fraction of sp³-hybridized carbons (Fsp3) is 0.733. The molecule has 96 valence electrons. The van der Waals surface area contributed by atoms with E-state index in [1.807, 2.05) is 11.3 Å². The molecule has 0 unspecified atom stereocenters. The molecule has 0 spiro atoms. The standard InChI is InChI=1S/C15H25NS/c1-13-6-12-17-14(13)5-9-15(10-11-16)7-3-2-4-8-15/h6,12H,2-5,7-11,16H2,1H3. The SMILES string of the molecule is Cc1ccsc1CCC1(CCN)CCCCC1. The number of hydrogen-bond acceptors (Lipinski definition) is 2. The molecule has 1 heterocycles. The highest BCUT2D eigenvalue weighted by Gasteiger charge is 2.30. The number of nitrogens with two attached hydrogens (primary N) is 1. The van der Waals surface area contributed by atoms with Crippen LogP contribution in [0.3, 0.4) is 0 Å². The Bertz CT molecular complexity index is 331. The third kappa shape index (κ3) is 3.32. The highest BCUT2D eigenvalue weighted by atomic mass is 32.1. The molecule has 1 aromatic heterocycles. The van der Waals surface area contributed by atoms with Crippen LogP contribution < -0.4 is 5.73 Å². The van der Waals surface area contributed by atoms with Gasteiger partial charge in [-0.25, -0.2) is 0 Å². The van der Waals surface area contributed by atoms with Gasteiger partial charge in [0, 0.05) is 4.88 Å². The van der Waals surface area contributed by atoms with E-state index >= 15 is 0 Å². The maximum atomic E-state index is 5.83. The van der Waals surface area contributed by atoms with E-state index in [1.54, 1.807) is 4.88 Å². The van der Waals surface area contributed by atoms with Gasteiger partial charge >= 0.3 is 0 Å². The second-order valence-corrected chi connectivity index (χ2v) is 6.63. The van der Waals surface area contributed by atoms with Crippen molar-refractivity contribution in [2.45, 2.75) is 58.3 Å². The Balaban J connectivity index is 1.95. The van der Waals surface area contributed by atoms with E-state index in [0.29, 0.717) is 5.41 Å². The van der Waals surface area contributed by atoms with Crippen molar-refractivity contribution in [2.75, 3.05) is 6.54 Å². The van der Waals surface area contributed by atoms with E-state index < -0.39 is 0 Å². The lowest BCUT2D eigenvalue weighted by molar-refractivity contribution is 0.161. The third-order valence-electron chi connectivity index (χ3n) is 4.44. The first-order chi connectivity index (χ1) is 8.26. The quantitative estimate of drug-likeness (QED) is 0.830. The number of aryl methyl sites for hydroxylation is 2. The Morgan fingerprint density at radius 1 is 1.24 bits per heavy atom. The highest BCUT2D eigenvalue weighted by molar-refractivity contribution is 7.10. The van der Waals surface area contributed by atoms with Crippen LogP contribution in [0.5, 0.6) is 0 Å². The van der Waals surface area contributed by atoms with Gasteiger partial charge in [0.15, 0.2) is 0 Å². The van der Waals surface area contributed by atoms with Crippen LogP contribution in [-0.2, 0) is 6.42 Å². The number of rotatable bonds is 5. The van der Waals surface area contributed by atoms with Crippen LogP contribution in [0.2, 0.25) is 0 Å². The van der Waals surface area contributed by atoms with Crippen LogP contribution in [-0.4, -0.2) is 6.54 Å². The maximum Gasteiger partial charge on any atom is 0.00746 e. The minimum atomic E-state index is 0.573. The van der Waals surface area contributed by atoms with E-state index in [9.17, 15) is 0 Å². The van der Waals surface area contributed by atoms with Crippen molar-refractivity contribution in [2.24, 2.45) is 11.1 Å². The van der Waals surface area contributed by atoms with Crippen molar-refractivity contribution in [1.82, 2.24) is 0 Å². The minimum Gasteiger partial charge on any atom is -0.330 e. The topological polar surface area (TPSA) is 26.0 Å². The molecule has 17 heavy (non-hydrogen) atoms. The fourth-order valence-electron chi connectivity index (χ4n) is 3.27. The molecule has 1 fully saturated rings. The first-order valence-electron chi connectivity index (χ1n) is 6.99. The van der Waals surface area contributed by atoms with Crippen LogP contribution in [0, 0.1) is 12.3 Å². The summed E-state index contributed by atoms with van der Waals surface area (Å²) in [5, 5.41) is 2.22. The van der Waals surface area contributed by atoms with E-state index in [1.165, 1.54) is 56.9 Å². The van der Waals surface area contributed by atoms with Gasteiger partial charge in [-0.15, -0.1) is 11.3 Å². The summed E-state index contributed by atoms with van der Waals surface area (Å²) < 4.78 is 0. The van der Waals surface area contributed by atoms with E-state index in [0.717, 1.165) is 6.54 Å². The molecule has 0 bridgehead atoms. The molecule has 0 aromatic carbocycles. The van der Waals surface area contributed by atoms with E-state index in [-0.39, 0.29) is 0 Å². The van der Waals surface area contributed by atoms with Gasteiger partial charge < -0.3 is 5.73 Å². The minimum absolute atomic E-state index is 0.573. The van der Waals surface area contributed by atoms with Gasteiger partial charge in [-0.3, -0.25) is 0 Å². The van der Waals surface area contributed by atoms with Crippen molar-refractivity contribution in [3.63, 3.8) is 0 Å². The molecule has 0 radical (unpaired) electrons. The number of hydrogen-bond donors (Lipinski definition) is 1. The molecule has 0 saturated heterocycles. The first-order valence-corrected chi connectivity index (χ1v) is 7.87. The smallest absolute Gasteiger partial charge is 0.00746 e. The monoisotopic (exact) mass is 251 g/mol. The van der Waals surface area contributed by atoms with Crippen LogP contribution in [0.15, 0.2) is 11.4 Å². The van der Waals surface area contributed by atoms with Gasteiger partial charge in [0.1, 0.15) is 0 Å². The molecule has 1 aliphatic rings. The molecule has 2 heteroatoms. The summed E-state index contributed by atoms with van der Waals surface area (Å²) >= 11 is 1.92. The van der Waals surface area contributed by atoms with Gasteiger partial charge in [0.05, 0.1) is 0 Å². The van der Waals surface area contributed by atoms with Crippen molar-refractivity contribution in [3.05, 3.63) is 21.9 Å². The van der Waals surface area contributed by atoms with Crippen molar-refractivity contribution < 1.29 is 0 Å². The van der Waals surface area contributed by atoms with Crippen molar-refractivity contribution >= 4 is 11.3 Å². The molecule has 1 nitrogen and oxygen atoms in total. The molecule has 1 aliphatic carbocycles. The summed E-state index contributed by atoms with van der Waals surface area (Å²) in [5.41, 5.74) is 7.88. The Morgan fingerprint density at radius 3 is 2.59 bits per heavy atom. The molecule has 2 rings (SSSR count). The summed E-state index contributed by atoms with van der Waals surface area (Å²) in [7, 11) is 0. The zero-order valence-electron chi connectivity index (χ0n) is 11.0. The predicted molar refractivity (Wildman–Crippen MR) is 76.6 cm³/mol. The van der Waals surface area contributed by atoms with Crippen LogP contribution in [0.4, 0.5) is 0 Å². The largest absolute Gasteiger partial charge is 0.330 e. The third-order valence-corrected chi connectivity index (χ3v) is 5.52. The van der Waals surface area contributed by atoms with E-state index in [2.05, 4.69) is 18.4 Å². The van der Waals surface area contributed by atoms with Crippen LogP contribution >= 0.6 is 11.3 Å². The molecule has 1 saturated carbocycles. The van der Waals surface area contributed by atoms with Gasteiger partial charge in [-0.1, -0.05) is 19.3 Å². The summed E-state index contributed by atoms with van der Waals surface area (Å²) in [6.07, 6.45) is 11.0. The predicted octanol–water partition coefficient (Wildman–Crippen LogP) is 4.29. The summed E-state index contributed by atoms with van der Waals surface area (Å²) in [5.74, 6) is 0. The molecular formula is C15H25NS. The normalized spacial score (nSPS) is 19.4. The first kappa shape index (κ1) is 13.1. The second-order valence-electron chi connectivity index (χ2n) is 5.63. The number of thiophene rings is 1. The lowest BCUT2D eigenvalue weighted by Crippen LogP contribution is -2.27. The Kier molecular flexibility index (Phi) is 4.63. The molecule has 0 amide bonds. The average Bonchev–Trinajstić information content (AvgIpc) is 2.74. The molecule has 0 atom stereocenters. The van der Waals surface area contributed by atoms with Crippen molar-refractivity contribution in [1.29, 1.82) is 0 Å². The zero-order valence-corrected chi connectivity index (χ0v) is 11.8. The van der Waals surface area contributed by atoms with Gasteiger partial charge in [0.2, 0.25) is 0 Å². The summed E-state index contributed by atoms with van der Waals surface area (Å²) in [6.45, 7) is 3.10. The lowest BCUT2D eigenvalue weighted by Gasteiger charge is -2.37. The fourth-order valence-corrected chi connectivity index (χ4v) is 4.18. The average molecular weight is 251 g/mol. The molecular weight excluding hydrogens is 226 g/mol. The van der Waals surface area contributed by atoms with Gasteiger partial charge in [0.25, 0.3) is 0 Å². The summed E-state index contributed by atoms with van der Waals surface area (Å²) in [6, 6.07) is 2.25. The Labute approximate surface area is 109 Å². The van der Waals surface area contributed by atoms with E-state index in [4.69, 9.17) is 5.73 Å². The maximum absolute atomic E-state index is 5.83.